The van der Waals surface area contributed by atoms with Gasteiger partial charge in [0.1, 0.15) is 5.82 Å². The van der Waals surface area contributed by atoms with Crippen LogP contribution in [0.3, 0.4) is 0 Å². The molecule has 0 radical (unpaired) electrons. The van der Waals surface area contributed by atoms with Crippen LogP contribution in [0.1, 0.15) is 40.5 Å². The minimum absolute atomic E-state index is 0.00843. The van der Waals surface area contributed by atoms with E-state index < -0.39 is 11.7 Å². The highest BCUT2D eigenvalue weighted by Gasteiger charge is 2.32. The Kier molecular flexibility index (Phi) is 4.33. The summed E-state index contributed by atoms with van der Waals surface area (Å²) >= 11 is 0. The van der Waals surface area contributed by atoms with Gasteiger partial charge in [-0.2, -0.15) is 13.2 Å². The van der Waals surface area contributed by atoms with E-state index in [-0.39, 0.29) is 17.4 Å². The molecule has 0 aliphatic carbocycles. The van der Waals surface area contributed by atoms with E-state index in [0.717, 1.165) is 36.4 Å². The lowest BCUT2D eigenvalue weighted by Crippen LogP contribution is -2.39. The molecule has 1 aliphatic rings. The molecule has 1 aliphatic heterocycles. The Balaban J connectivity index is 1.57. The Labute approximate surface area is 153 Å². The van der Waals surface area contributed by atoms with E-state index in [2.05, 4.69) is 10.2 Å². The fraction of sp³-hybridized carbons (Fsp3) is 0.316. The van der Waals surface area contributed by atoms with Crippen molar-refractivity contribution in [2.45, 2.75) is 24.9 Å². The molecular weight excluding hydrogens is 357 g/mol. The Morgan fingerprint density at radius 2 is 1.96 bits per heavy atom. The summed E-state index contributed by atoms with van der Waals surface area (Å²) in [5.41, 5.74) is -0.0317. The van der Waals surface area contributed by atoms with Gasteiger partial charge in [-0.3, -0.25) is 9.20 Å². The number of carbonyl (C=O) groups is 1. The normalized spacial score (nSPS) is 18.0. The molecule has 1 aromatic carbocycles. The molecule has 0 spiro atoms. The predicted molar refractivity (Wildman–Crippen MR) is 92.3 cm³/mol. The summed E-state index contributed by atoms with van der Waals surface area (Å²) in [5.74, 6) is 0.373. The monoisotopic (exact) mass is 374 g/mol. The highest BCUT2D eigenvalue weighted by Crippen LogP contribution is 2.31. The van der Waals surface area contributed by atoms with Gasteiger partial charge in [0.25, 0.3) is 5.91 Å². The number of hydrogen-bond donors (Lipinski definition) is 0. The Morgan fingerprint density at radius 3 is 2.78 bits per heavy atom. The van der Waals surface area contributed by atoms with E-state index in [1.54, 1.807) is 4.90 Å². The average molecular weight is 374 g/mol. The third kappa shape index (κ3) is 3.39. The van der Waals surface area contributed by atoms with Gasteiger partial charge in [-0.05, 0) is 43.2 Å². The molecule has 5 nitrogen and oxygen atoms in total. The summed E-state index contributed by atoms with van der Waals surface area (Å²) in [7, 11) is 0. The molecule has 3 aromatic rings. The van der Waals surface area contributed by atoms with Crippen molar-refractivity contribution in [2.75, 3.05) is 13.1 Å². The number of fused-ring (bicyclic) bond motifs is 1. The van der Waals surface area contributed by atoms with Crippen molar-refractivity contribution < 1.29 is 18.0 Å². The maximum atomic E-state index is 12.9. The number of alkyl halides is 3. The number of amides is 1. The van der Waals surface area contributed by atoms with Gasteiger partial charge in [0.05, 0.1) is 5.56 Å². The zero-order valence-electron chi connectivity index (χ0n) is 14.4. The number of likely N-dealkylation sites (tertiary alicyclic amines) is 1. The number of piperidine rings is 1. The van der Waals surface area contributed by atoms with E-state index in [0.29, 0.717) is 13.1 Å². The molecular formula is C19H17F3N4O. The fourth-order valence-corrected chi connectivity index (χ4v) is 3.52. The number of rotatable bonds is 2. The third-order valence-electron chi connectivity index (χ3n) is 4.85. The van der Waals surface area contributed by atoms with Gasteiger partial charge in [-0.15, -0.1) is 10.2 Å². The topological polar surface area (TPSA) is 50.5 Å². The quantitative estimate of drug-likeness (QED) is 0.686. The lowest BCUT2D eigenvalue weighted by Gasteiger charge is -2.32. The van der Waals surface area contributed by atoms with Crippen LogP contribution in [0, 0.1) is 0 Å². The van der Waals surface area contributed by atoms with Crippen LogP contribution in [-0.4, -0.2) is 38.5 Å². The molecule has 140 valence electrons. The van der Waals surface area contributed by atoms with Crippen LogP contribution in [0.4, 0.5) is 13.2 Å². The summed E-state index contributed by atoms with van der Waals surface area (Å²) in [6, 6.07) is 10.2. The van der Waals surface area contributed by atoms with Gasteiger partial charge in [0, 0.05) is 30.8 Å². The molecule has 0 saturated carbocycles. The number of pyridine rings is 1. The van der Waals surface area contributed by atoms with E-state index in [1.165, 1.54) is 12.1 Å². The summed E-state index contributed by atoms with van der Waals surface area (Å²) < 4.78 is 40.7. The van der Waals surface area contributed by atoms with E-state index in [1.807, 2.05) is 28.8 Å². The summed E-state index contributed by atoms with van der Waals surface area (Å²) in [5, 5.41) is 8.40. The Morgan fingerprint density at radius 1 is 1.11 bits per heavy atom. The number of halogens is 3. The molecule has 8 heteroatoms. The van der Waals surface area contributed by atoms with Crippen molar-refractivity contribution in [3.63, 3.8) is 0 Å². The third-order valence-corrected chi connectivity index (χ3v) is 4.85. The molecule has 0 bridgehead atoms. The second-order valence-corrected chi connectivity index (χ2v) is 6.66. The Hall–Kier alpha value is -2.90. The molecule has 0 N–H and O–H groups in total. The van der Waals surface area contributed by atoms with Crippen LogP contribution < -0.4 is 0 Å². The second kappa shape index (κ2) is 6.68. The minimum Gasteiger partial charge on any atom is -0.338 e. The first-order valence-corrected chi connectivity index (χ1v) is 8.69. The summed E-state index contributed by atoms with van der Waals surface area (Å²) in [4.78, 5) is 14.4. The molecule has 1 fully saturated rings. The van der Waals surface area contributed by atoms with Crippen LogP contribution in [0.15, 0.2) is 48.7 Å². The Bertz CT molecular complexity index is 982. The SMILES string of the molecule is O=C(c1cccc(C(F)(F)F)c1)N1CCC[C@H](c2nnc3ccccn23)C1. The summed E-state index contributed by atoms with van der Waals surface area (Å²) in [6.07, 6.45) is -0.988. The number of nitrogens with zero attached hydrogens (tertiary/aromatic N) is 4. The molecule has 1 atom stereocenters. The molecule has 2 aromatic heterocycles. The van der Waals surface area contributed by atoms with Gasteiger partial charge >= 0.3 is 6.18 Å². The van der Waals surface area contributed by atoms with Crippen LogP contribution >= 0.6 is 0 Å². The van der Waals surface area contributed by atoms with Crippen LogP contribution in [-0.2, 0) is 6.18 Å². The highest BCUT2D eigenvalue weighted by atomic mass is 19.4. The zero-order valence-corrected chi connectivity index (χ0v) is 14.4. The van der Waals surface area contributed by atoms with E-state index in [4.69, 9.17) is 0 Å². The van der Waals surface area contributed by atoms with Crippen molar-refractivity contribution in [2.24, 2.45) is 0 Å². The zero-order chi connectivity index (χ0) is 19.0. The molecule has 27 heavy (non-hydrogen) atoms. The number of hydrogen-bond acceptors (Lipinski definition) is 3. The van der Waals surface area contributed by atoms with E-state index >= 15 is 0 Å². The van der Waals surface area contributed by atoms with Crippen LogP contribution in [0.25, 0.3) is 5.65 Å². The van der Waals surface area contributed by atoms with Gasteiger partial charge < -0.3 is 4.90 Å². The minimum atomic E-state index is -4.47. The standard InChI is InChI=1S/C19H17F3N4O/c20-19(21,22)15-7-3-5-13(11-15)18(27)25-9-4-6-14(12-25)17-24-23-16-8-1-2-10-26(16)17/h1-3,5,7-8,10-11,14H,4,6,9,12H2/t14-/m0/s1. The van der Waals surface area contributed by atoms with Crippen molar-refractivity contribution in [3.05, 3.63) is 65.6 Å². The van der Waals surface area contributed by atoms with Crippen molar-refractivity contribution in [1.82, 2.24) is 19.5 Å². The first-order valence-electron chi connectivity index (χ1n) is 8.69. The maximum Gasteiger partial charge on any atom is 0.416 e. The average Bonchev–Trinajstić information content (AvgIpc) is 3.11. The first-order chi connectivity index (χ1) is 12.9. The van der Waals surface area contributed by atoms with Gasteiger partial charge in [0.15, 0.2) is 5.65 Å². The fourth-order valence-electron chi connectivity index (χ4n) is 3.52. The lowest BCUT2D eigenvalue weighted by molar-refractivity contribution is -0.137. The molecule has 0 unspecified atom stereocenters. The van der Waals surface area contributed by atoms with Crippen LogP contribution in [0.2, 0.25) is 0 Å². The predicted octanol–water partition coefficient (Wildman–Crippen LogP) is 3.77. The number of carbonyl (C=O) groups excluding carboxylic acids is 1. The summed E-state index contributed by atoms with van der Waals surface area (Å²) in [6.45, 7) is 0.924. The van der Waals surface area contributed by atoms with Gasteiger partial charge in [-0.25, -0.2) is 0 Å². The largest absolute Gasteiger partial charge is 0.416 e. The lowest BCUT2D eigenvalue weighted by atomic mass is 9.96. The van der Waals surface area contributed by atoms with Crippen molar-refractivity contribution in [3.8, 4) is 0 Å². The van der Waals surface area contributed by atoms with Crippen LogP contribution in [0.5, 0.6) is 0 Å². The van der Waals surface area contributed by atoms with E-state index in [9.17, 15) is 18.0 Å². The van der Waals surface area contributed by atoms with Crippen molar-refractivity contribution in [1.29, 1.82) is 0 Å². The first kappa shape index (κ1) is 17.5. The molecule has 3 heterocycles. The van der Waals surface area contributed by atoms with Gasteiger partial charge in [-0.1, -0.05) is 12.1 Å². The van der Waals surface area contributed by atoms with Gasteiger partial charge in [0.2, 0.25) is 0 Å². The molecule has 4 rings (SSSR count). The number of aromatic nitrogens is 3. The smallest absolute Gasteiger partial charge is 0.338 e. The molecule has 1 saturated heterocycles. The second-order valence-electron chi connectivity index (χ2n) is 6.66. The maximum absolute atomic E-state index is 12.9. The highest BCUT2D eigenvalue weighted by molar-refractivity contribution is 5.94. The number of benzene rings is 1. The molecule has 1 amide bonds. The van der Waals surface area contributed by atoms with Crippen molar-refractivity contribution >= 4 is 11.6 Å².